The van der Waals surface area contributed by atoms with Gasteiger partial charge in [-0.1, -0.05) is 155 Å². The lowest BCUT2D eigenvalue weighted by Gasteiger charge is -2.17. The number of nitrogens with two attached hydrogens (primary N) is 1. The van der Waals surface area contributed by atoms with Crippen molar-refractivity contribution in [3.63, 3.8) is 0 Å². The van der Waals surface area contributed by atoms with E-state index < -0.39 is 0 Å². The number of hydrogen-bond acceptors (Lipinski definition) is 2. The summed E-state index contributed by atoms with van der Waals surface area (Å²) in [5.41, 5.74) is 10.4. The molecule has 0 radical (unpaired) electrons. The Kier molecular flexibility index (Phi) is 31.1. The molecule has 0 saturated carbocycles. The van der Waals surface area contributed by atoms with Crippen LogP contribution in [0.4, 0.5) is 0 Å². The van der Waals surface area contributed by atoms with Crippen LogP contribution < -0.4 is 11.1 Å². The standard InChI is InChI=1S/C14H20N2.C12H16.C6H14.C3H8.C2H6/c1-3-16-14(10-9-12(2)15)11-13-7-5-4-6-8-13;1-3-11(2)9-10-12-7-5-4-6-8-12;1-5(2)6(3)4;1-3-2;1-2/h3-8,14,16H,1-2,9-11,15H2;4-8H,2-3,9-10H2,1H3;5-6H,1-4H3;3H2,1-2H3;1-2H3. The number of hydrogen-bond donors (Lipinski definition) is 2. The molecule has 222 valence electrons. The molecule has 39 heavy (non-hydrogen) atoms. The van der Waals surface area contributed by atoms with Gasteiger partial charge in [0.1, 0.15) is 0 Å². The van der Waals surface area contributed by atoms with Crippen molar-refractivity contribution in [2.75, 3.05) is 0 Å². The number of allylic oxidation sites excluding steroid dienone is 2. The van der Waals surface area contributed by atoms with Crippen LogP contribution in [0.2, 0.25) is 0 Å². The van der Waals surface area contributed by atoms with Crippen molar-refractivity contribution in [3.05, 3.63) is 109 Å². The molecule has 0 aromatic heterocycles. The van der Waals surface area contributed by atoms with E-state index in [1.807, 2.05) is 19.9 Å². The Labute approximate surface area is 244 Å². The van der Waals surface area contributed by atoms with E-state index in [0.717, 1.165) is 56.1 Å². The zero-order chi connectivity index (χ0) is 30.5. The molecule has 2 nitrogen and oxygen atoms in total. The first-order chi connectivity index (χ1) is 18.6. The number of nitrogens with one attached hydrogen (secondary N) is 1. The van der Waals surface area contributed by atoms with Crippen molar-refractivity contribution in [1.82, 2.24) is 5.32 Å². The average molecular weight is 537 g/mol. The van der Waals surface area contributed by atoms with E-state index in [4.69, 9.17) is 5.73 Å². The fourth-order valence-electron chi connectivity index (χ4n) is 2.81. The van der Waals surface area contributed by atoms with Crippen LogP contribution in [0.1, 0.15) is 106 Å². The summed E-state index contributed by atoms with van der Waals surface area (Å²) in [5, 5.41) is 3.25. The molecule has 0 aliphatic heterocycles. The van der Waals surface area contributed by atoms with Gasteiger partial charge >= 0.3 is 0 Å². The Balaban J connectivity index is -0.000000495. The first-order valence-electron chi connectivity index (χ1n) is 15.2. The summed E-state index contributed by atoms with van der Waals surface area (Å²) in [6, 6.07) is 21.4. The number of benzene rings is 2. The van der Waals surface area contributed by atoms with E-state index in [9.17, 15) is 0 Å². The minimum atomic E-state index is 0.375. The predicted molar refractivity (Wildman–Crippen MR) is 181 cm³/mol. The second kappa shape index (κ2) is 29.8. The Morgan fingerprint density at radius 3 is 1.59 bits per heavy atom. The molecule has 2 rings (SSSR count). The summed E-state index contributed by atoms with van der Waals surface area (Å²) in [6.45, 7) is 30.8. The summed E-state index contributed by atoms with van der Waals surface area (Å²) >= 11 is 0. The zero-order valence-corrected chi connectivity index (χ0v) is 27.2. The van der Waals surface area contributed by atoms with Gasteiger partial charge in [0, 0.05) is 11.7 Å². The van der Waals surface area contributed by atoms with Gasteiger partial charge in [-0.15, -0.1) is 0 Å². The summed E-state index contributed by atoms with van der Waals surface area (Å²) in [4.78, 5) is 0. The molecule has 0 bridgehead atoms. The molecule has 0 spiro atoms. The smallest absolute Gasteiger partial charge is 0.0299 e. The summed E-state index contributed by atoms with van der Waals surface area (Å²) < 4.78 is 0. The van der Waals surface area contributed by atoms with E-state index in [1.165, 1.54) is 23.1 Å². The van der Waals surface area contributed by atoms with Crippen LogP contribution >= 0.6 is 0 Å². The second-order valence-corrected chi connectivity index (χ2v) is 10.2. The lowest BCUT2D eigenvalue weighted by Crippen LogP contribution is -2.27. The van der Waals surface area contributed by atoms with Crippen molar-refractivity contribution in [3.8, 4) is 0 Å². The third-order valence-corrected chi connectivity index (χ3v) is 5.94. The monoisotopic (exact) mass is 537 g/mol. The largest absolute Gasteiger partial charge is 0.403 e. The van der Waals surface area contributed by atoms with Crippen molar-refractivity contribution in [2.24, 2.45) is 17.6 Å². The van der Waals surface area contributed by atoms with E-state index >= 15 is 0 Å². The van der Waals surface area contributed by atoms with Crippen LogP contribution in [0.15, 0.2) is 97.9 Å². The normalized spacial score (nSPS) is 10.1. The molecule has 2 aromatic rings. The van der Waals surface area contributed by atoms with Gasteiger partial charge in [0.15, 0.2) is 0 Å². The SMILES string of the molecule is C=C(CC)CCc1ccccc1.C=CNC(CCC(=C)N)Cc1ccccc1.CC.CC(C)C(C)C.CCC. The molecule has 0 aliphatic rings. The van der Waals surface area contributed by atoms with Gasteiger partial charge < -0.3 is 11.1 Å². The highest BCUT2D eigenvalue weighted by molar-refractivity contribution is 5.17. The topological polar surface area (TPSA) is 38.0 Å². The van der Waals surface area contributed by atoms with Crippen LogP contribution in [-0.4, -0.2) is 6.04 Å². The van der Waals surface area contributed by atoms with Crippen molar-refractivity contribution in [2.45, 2.75) is 113 Å². The van der Waals surface area contributed by atoms with Crippen molar-refractivity contribution < 1.29 is 0 Å². The van der Waals surface area contributed by atoms with E-state index in [0.29, 0.717) is 6.04 Å². The van der Waals surface area contributed by atoms with Gasteiger partial charge in [-0.2, -0.15) is 0 Å². The molecular weight excluding hydrogens is 472 g/mol. The lowest BCUT2D eigenvalue weighted by atomic mass is 10.0. The maximum atomic E-state index is 5.58. The predicted octanol–water partition coefficient (Wildman–Crippen LogP) is 10.9. The molecule has 0 heterocycles. The van der Waals surface area contributed by atoms with Gasteiger partial charge in [-0.25, -0.2) is 0 Å². The molecule has 1 unspecified atom stereocenters. The quantitative estimate of drug-likeness (QED) is 0.265. The molecule has 2 aromatic carbocycles. The molecule has 0 aliphatic carbocycles. The minimum absolute atomic E-state index is 0.375. The van der Waals surface area contributed by atoms with Gasteiger partial charge in [-0.3, -0.25) is 0 Å². The van der Waals surface area contributed by atoms with Crippen molar-refractivity contribution in [1.29, 1.82) is 0 Å². The van der Waals surface area contributed by atoms with E-state index in [-0.39, 0.29) is 0 Å². The molecule has 2 heteroatoms. The minimum Gasteiger partial charge on any atom is -0.403 e. The molecule has 0 amide bonds. The highest BCUT2D eigenvalue weighted by atomic mass is 14.9. The third-order valence-electron chi connectivity index (χ3n) is 5.94. The fourth-order valence-corrected chi connectivity index (χ4v) is 2.81. The molecule has 1 atom stereocenters. The highest BCUT2D eigenvalue weighted by Crippen LogP contribution is 2.10. The van der Waals surface area contributed by atoms with Crippen LogP contribution in [0.3, 0.4) is 0 Å². The van der Waals surface area contributed by atoms with Gasteiger partial charge in [-0.05, 0) is 67.7 Å². The lowest BCUT2D eigenvalue weighted by molar-refractivity contribution is 0.457. The van der Waals surface area contributed by atoms with E-state index in [1.54, 1.807) is 6.20 Å². The van der Waals surface area contributed by atoms with Crippen LogP contribution in [-0.2, 0) is 12.8 Å². The number of rotatable bonds is 12. The Morgan fingerprint density at radius 1 is 0.795 bits per heavy atom. The van der Waals surface area contributed by atoms with Crippen LogP contribution in [0.25, 0.3) is 0 Å². The Hall–Kier alpha value is -2.74. The zero-order valence-electron chi connectivity index (χ0n) is 27.2. The molecule has 0 saturated heterocycles. The van der Waals surface area contributed by atoms with Gasteiger partial charge in [0.05, 0.1) is 0 Å². The van der Waals surface area contributed by atoms with Crippen molar-refractivity contribution >= 4 is 0 Å². The maximum absolute atomic E-state index is 5.58. The first kappa shape index (κ1) is 40.8. The maximum Gasteiger partial charge on any atom is 0.0299 e. The fraction of sp³-hybridized carbons (Fsp3) is 0.514. The van der Waals surface area contributed by atoms with Gasteiger partial charge in [0.2, 0.25) is 0 Å². The number of aryl methyl sites for hydroxylation is 1. The van der Waals surface area contributed by atoms with E-state index in [2.05, 4.69) is 128 Å². The summed E-state index contributed by atoms with van der Waals surface area (Å²) in [7, 11) is 0. The average Bonchev–Trinajstić information content (AvgIpc) is 2.94. The molecule has 3 N–H and O–H groups in total. The summed E-state index contributed by atoms with van der Waals surface area (Å²) in [5.74, 6) is 1.70. The molecule has 0 fully saturated rings. The van der Waals surface area contributed by atoms with Crippen LogP contribution in [0, 0.1) is 11.8 Å². The Morgan fingerprint density at radius 2 is 1.23 bits per heavy atom. The first-order valence-corrected chi connectivity index (χ1v) is 15.2. The van der Waals surface area contributed by atoms with Crippen LogP contribution in [0.5, 0.6) is 0 Å². The Bertz CT molecular complexity index is 785. The van der Waals surface area contributed by atoms with Gasteiger partial charge in [0.25, 0.3) is 0 Å². The third kappa shape index (κ3) is 29.7. The highest BCUT2D eigenvalue weighted by Gasteiger charge is 2.07. The summed E-state index contributed by atoms with van der Waals surface area (Å²) in [6.07, 6.45) is 9.17. The second-order valence-electron chi connectivity index (χ2n) is 10.2. The molecular formula is C37H64N2.